The molecular formula is C38H48F5N3O5. The number of hydrogen-bond acceptors (Lipinski definition) is 6. The first-order valence-electron chi connectivity index (χ1n) is 17.9. The molecule has 13 heteroatoms. The molecule has 3 aliphatic heterocycles. The molecule has 0 unspecified atom stereocenters. The molecule has 4 aliphatic rings. The van der Waals surface area contributed by atoms with Crippen LogP contribution in [0.15, 0.2) is 42.5 Å². The summed E-state index contributed by atoms with van der Waals surface area (Å²) >= 11 is 0. The molecular weight excluding hydrogens is 673 g/mol. The van der Waals surface area contributed by atoms with E-state index in [2.05, 4.69) is 4.90 Å². The van der Waals surface area contributed by atoms with Crippen molar-refractivity contribution in [3.63, 3.8) is 0 Å². The lowest BCUT2D eigenvalue weighted by molar-refractivity contribution is -0.143. The lowest BCUT2D eigenvalue weighted by Gasteiger charge is -2.37. The fourth-order valence-corrected chi connectivity index (χ4v) is 9.00. The summed E-state index contributed by atoms with van der Waals surface area (Å²) in [6.45, 7) is 4.02. The summed E-state index contributed by atoms with van der Waals surface area (Å²) in [6.07, 6.45) is -3.08. The zero-order valence-corrected chi connectivity index (χ0v) is 29.4. The number of carbonyl (C=O) groups excluding carboxylic acids is 1. The molecule has 3 heterocycles. The number of likely N-dealkylation sites (tertiary alicyclic amines) is 2. The summed E-state index contributed by atoms with van der Waals surface area (Å²) in [7, 11) is 3.14. The minimum atomic E-state index is -4.56. The number of benzene rings is 2. The van der Waals surface area contributed by atoms with Gasteiger partial charge in [-0.05, 0) is 74.4 Å². The standard InChI is InChI=1S/C38H48F5N3O5/c1-36(23-45(28-10-14-37(39,40)15-11-28)21-32(36)24-4-7-30(51-3)8-5-24)35(49)46-20-26(18-29(46)22-50-2)31-9-6-27(38(41,42)43)19-33(31)44-16-12-25(13-17-44)34(47)48/h4-9,19,25-26,28-29,32H,10-18,20-23H2,1-3H3,(H,47,48)/t26-,29+,32+,36-/m1/s1. The molecule has 1 aliphatic carbocycles. The lowest BCUT2D eigenvalue weighted by Crippen LogP contribution is -2.50. The maximum Gasteiger partial charge on any atom is 0.416 e. The number of ether oxygens (including phenoxy) is 2. The highest BCUT2D eigenvalue weighted by molar-refractivity contribution is 5.85. The molecule has 8 nitrogen and oxygen atoms in total. The Morgan fingerprint density at radius 3 is 2.22 bits per heavy atom. The van der Waals surface area contributed by atoms with Gasteiger partial charge in [-0.25, -0.2) is 8.78 Å². The molecule has 6 rings (SSSR count). The van der Waals surface area contributed by atoms with E-state index in [0.717, 1.165) is 17.7 Å². The van der Waals surface area contributed by atoms with Gasteiger partial charge in [-0.3, -0.25) is 14.5 Å². The molecule has 3 saturated heterocycles. The van der Waals surface area contributed by atoms with E-state index in [4.69, 9.17) is 9.47 Å². The Morgan fingerprint density at radius 1 is 0.961 bits per heavy atom. The van der Waals surface area contributed by atoms with Gasteiger partial charge in [-0.1, -0.05) is 18.2 Å². The van der Waals surface area contributed by atoms with Crippen LogP contribution in [0.4, 0.5) is 27.6 Å². The molecule has 0 spiro atoms. The van der Waals surface area contributed by atoms with Gasteiger partial charge in [0.25, 0.3) is 0 Å². The van der Waals surface area contributed by atoms with Gasteiger partial charge in [0.15, 0.2) is 0 Å². The molecule has 0 bridgehead atoms. The number of nitrogens with zero attached hydrogens (tertiary/aromatic N) is 3. The maximum atomic E-state index is 15.0. The van der Waals surface area contributed by atoms with Crippen molar-refractivity contribution in [3.8, 4) is 5.75 Å². The minimum absolute atomic E-state index is 0.0685. The van der Waals surface area contributed by atoms with E-state index >= 15 is 4.79 Å². The monoisotopic (exact) mass is 721 g/mol. The van der Waals surface area contributed by atoms with Crippen molar-refractivity contribution in [2.75, 3.05) is 58.5 Å². The Hall–Kier alpha value is -3.45. The molecule has 1 N–H and O–H groups in total. The SMILES string of the molecule is COC[C@@H]1C[C@@H](c2ccc(C(F)(F)F)cc2N2CCC(C(=O)O)CC2)CN1C(=O)[C@]1(C)CN(C2CCC(F)(F)CC2)C[C@H]1c1ccc(OC)cc1. The molecule has 4 fully saturated rings. The predicted octanol–water partition coefficient (Wildman–Crippen LogP) is 7.03. The molecule has 280 valence electrons. The number of piperidine rings is 1. The first kappa shape index (κ1) is 37.3. The number of anilines is 1. The van der Waals surface area contributed by atoms with Gasteiger partial charge in [0.1, 0.15) is 5.75 Å². The first-order valence-corrected chi connectivity index (χ1v) is 17.9. The second-order valence-corrected chi connectivity index (χ2v) is 15.1. The second kappa shape index (κ2) is 14.5. The summed E-state index contributed by atoms with van der Waals surface area (Å²) in [5, 5.41) is 9.52. The zero-order valence-electron chi connectivity index (χ0n) is 29.4. The Balaban J connectivity index is 1.31. The van der Waals surface area contributed by atoms with Crippen molar-refractivity contribution >= 4 is 17.6 Å². The first-order chi connectivity index (χ1) is 24.1. The van der Waals surface area contributed by atoms with Crippen LogP contribution in [0.3, 0.4) is 0 Å². The van der Waals surface area contributed by atoms with Gasteiger partial charge in [0.05, 0.1) is 36.7 Å². The van der Waals surface area contributed by atoms with Crippen molar-refractivity contribution in [1.29, 1.82) is 0 Å². The molecule has 4 atom stereocenters. The Morgan fingerprint density at radius 2 is 1.63 bits per heavy atom. The third-order valence-electron chi connectivity index (χ3n) is 11.9. The smallest absolute Gasteiger partial charge is 0.416 e. The van der Waals surface area contributed by atoms with Crippen LogP contribution in [-0.4, -0.2) is 98.3 Å². The largest absolute Gasteiger partial charge is 0.497 e. The third kappa shape index (κ3) is 7.70. The average molecular weight is 722 g/mol. The van der Waals surface area contributed by atoms with Crippen molar-refractivity contribution in [2.24, 2.45) is 11.3 Å². The molecule has 2 aromatic carbocycles. The number of alkyl halides is 5. The van der Waals surface area contributed by atoms with E-state index in [9.17, 15) is 31.9 Å². The van der Waals surface area contributed by atoms with E-state index in [1.54, 1.807) is 14.2 Å². The van der Waals surface area contributed by atoms with Gasteiger partial charge in [0.2, 0.25) is 11.8 Å². The van der Waals surface area contributed by atoms with Crippen molar-refractivity contribution < 1.29 is 46.1 Å². The van der Waals surface area contributed by atoms with Crippen LogP contribution < -0.4 is 9.64 Å². The zero-order chi connectivity index (χ0) is 36.7. The number of amides is 1. The number of carboxylic acid groups (broad SMARTS) is 1. The fourth-order valence-electron chi connectivity index (χ4n) is 9.00. The molecule has 0 aromatic heterocycles. The topological polar surface area (TPSA) is 82.5 Å². The Labute approximate surface area is 295 Å². The number of carboxylic acids is 1. The summed E-state index contributed by atoms with van der Waals surface area (Å²) < 4.78 is 81.2. The minimum Gasteiger partial charge on any atom is -0.497 e. The van der Waals surface area contributed by atoms with E-state index in [1.165, 1.54) is 6.07 Å². The predicted molar refractivity (Wildman–Crippen MR) is 181 cm³/mol. The summed E-state index contributed by atoms with van der Waals surface area (Å²) in [5.74, 6) is -4.06. The van der Waals surface area contributed by atoms with E-state index in [-0.39, 0.29) is 55.8 Å². The van der Waals surface area contributed by atoms with Crippen LogP contribution in [0.25, 0.3) is 0 Å². The summed E-state index contributed by atoms with van der Waals surface area (Å²) in [5.41, 5.74) is 0.372. The van der Waals surface area contributed by atoms with Crippen LogP contribution in [-0.2, 0) is 20.5 Å². The lowest BCUT2D eigenvalue weighted by atomic mass is 9.74. The van der Waals surface area contributed by atoms with E-state index in [1.807, 2.05) is 41.0 Å². The van der Waals surface area contributed by atoms with Crippen molar-refractivity contribution in [2.45, 2.75) is 87.9 Å². The molecule has 1 amide bonds. The fraction of sp³-hybridized carbons (Fsp3) is 0.632. The van der Waals surface area contributed by atoms with Gasteiger partial charge >= 0.3 is 12.1 Å². The number of carbonyl (C=O) groups is 2. The highest BCUT2D eigenvalue weighted by atomic mass is 19.4. The third-order valence-corrected chi connectivity index (χ3v) is 11.9. The molecule has 0 radical (unpaired) electrons. The van der Waals surface area contributed by atoms with Crippen LogP contribution in [0, 0.1) is 11.3 Å². The van der Waals surface area contributed by atoms with Gasteiger partial charge in [-0.2, -0.15) is 13.2 Å². The van der Waals surface area contributed by atoms with E-state index in [0.29, 0.717) is 75.3 Å². The van der Waals surface area contributed by atoms with Crippen molar-refractivity contribution in [3.05, 3.63) is 59.2 Å². The number of halogens is 5. The Kier molecular flexibility index (Phi) is 10.6. The van der Waals surface area contributed by atoms with Crippen LogP contribution in [0.1, 0.15) is 80.4 Å². The molecule has 1 saturated carbocycles. The second-order valence-electron chi connectivity index (χ2n) is 15.1. The van der Waals surface area contributed by atoms with Crippen molar-refractivity contribution in [1.82, 2.24) is 9.80 Å². The van der Waals surface area contributed by atoms with Crippen LogP contribution in [0.2, 0.25) is 0 Å². The summed E-state index contributed by atoms with van der Waals surface area (Å²) in [4.78, 5) is 32.5. The van der Waals surface area contributed by atoms with Crippen LogP contribution >= 0.6 is 0 Å². The number of aliphatic carboxylic acids is 1. The average Bonchev–Trinajstić information content (AvgIpc) is 3.69. The van der Waals surface area contributed by atoms with Crippen LogP contribution in [0.5, 0.6) is 5.75 Å². The highest BCUT2D eigenvalue weighted by Gasteiger charge is 2.55. The number of rotatable bonds is 9. The molecule has 51 heavy (non-hydrogen) atoms. The number of hydrogen-bond donors (Lipinski definition) is 1. The molecule has 2 aromatic rings. The number of methoxy groups -OCH3 is 2. The van der Waals surface area contributed by atoms with Gasteiger partial charge < -0.3 is 24.4 Å². The quantitative estimate of drug-likeness (QED) is 0.279. The highest BCUT2D eigenvalue weighted by Crippen LogP contribution is 2.50. The van der Waals surface area contributed by atoms with Gasteiger partial charge in [0, 0.05) is 76.2 Å². The maximum absolute atomic E-state index is 15.0. The van der Waals surface area contributed by atoms with E-state index < -0.39 is 35.0 Å². The summed E-state index contributed by atoms with van der Waals surface area (Å²) in [6, 6.07) is 11.0. The van der Waals surface area contributed by atoms with Gasteiger partial charge in [-0.15, -0.1) is 0 Å². The Bertz CT molecular complexity index is 1550. The normalized spacial score (nSPS) is 28.0.